The molecule has 1 aliphatic rings. The third-order valence-electron chi connectivity index (χ3n) is 3.58. The predicted octanol–water partition coefficient (Wildman–Crippen LogP) is 1.36. The van der Waals surface area contributed by atoms with Gasteiger partial charge < -0.3 is 29.6 Å². The molecule has 0 saturated carbocycles. The summed E-state index contributed by atoms with van der Waals surface area (Å²) in [5, 5.41) is 5.94. The quantitative estimate of drug-likeness (QED) is 0.194. The van der Waals surface area contributed by atoms with E-state index in [2.05, 4.69) is 20.4 Å². The Morgan fingerprint density at radius 1 is 1.24 bits per heavy atom. The van der Waals surface area contributed by atoms with Crippen LogP contribution in [0.3, 0.4) is 0 Å². The maximum absolute atomic E-state index is 12.7. The van der Waals surface area contributed by atoms with Crippen LogP contribution < -0.4 is 24.8 Å². The van der Waals surface area contributed by atoms with Crippen molar-refractivity contribution in [2.45, 2.75) is 13.2 Å². The molecular formula is C16H24F2IN3O6S. The molecule has 9 nitrogen and oxygen atoms in total. The number of guanidine groups is 1. The number of benzene rings is 1. The molecule has 1 aromatic carbocycles. The number of alkyl halides is 2. The Morgan fingerprint density at radius 3 is 2.55 bits per heavy atom. The summed E-state index contributed by atoms with van der Waals surface area (Å²) in [6.07, 6.45) is 1.14. The molecule has 0 saturated heterocycles. The zero-order chi connectivity index (χ0) is 20.6. The van der Waals surface area contributed by atoms with Crippen molar-refractivity contribution < 1.29 is 36.1 Å². The minimum Gasteiger partial charge on any atom is -0.454 e. The van der Waals surface area contributed by atoms with Crippen LogP contribution in [0.4, 0.5) is 8.78 Å². The predicted molar refractivity (Wildman–Crippen MR) is 113 cm³/mol. The van der Waals surface area contributed by atoms with Crippen LogP contribution in [0.5, 0.6) is 17.2 Å². The summed E-state index contributed by atoms with van der Waals surface area (Å²) >= 11 is 0. The van der Waals surface area contributed by atoms with E-state index in [0.717, 1.165) is 6.26 Å². The van der Waals surface area contributed by atoms with Gasteiger partial charge >= 0.3 is 6.61 Å². The summed E-state index contributed by atoms with van der Waals surface area (Å²) in [5.41, 5.74) is 0.442. The molecule has 2 rings (SSSR count). The zero-order valence-electron chi connectivity index (χ0n) is 15.9. The number of fused-ring (bicyclic) bond motifs is 1. The average molecular weight is 551 g/mol. The Bertz CT molecular complexity index is 795. The standard InChI is InChI=1S/C16H23F2N3O6S.HI/c1-19-16(20-3-4-24-5-6-28(2,22)23)21-9-11-7-13-14(26-10-25-13)8-12(11)27-15(17)18;/h7-8,15H,3-6,9-10H2,1-2H3,(H2,19,20,21);1H. The molecular weight excluding hydrogens is 527 g/mol. The van der Waals surface area contributed by atoms with Crippen molar-refractivity contribution in [2.24, 2.45) is 4.99 Å². The molecule has 0 bridgehead atoms. The minimum atomic E-state index is -3.05. The second-order valence-electron chi connectivity index (χ2n) is 5.79. The van der Waals surface area contributed by atoms with E-state index in [1.54, 1.807) is 13.1 Å². The van der Waals surface area contributed by atoms with E-state index in [1.165, 1.54) is 6.07 Å². The summed E-state index contributed by atoms with van der Waals surface area (Å²) in [6.45, 7) is -2.04. The van der Waals surface area contributed by atoms with Crippen LogP contribution in [0.25, 0.3) is 0 Å². The highest BCUT2D eigenvalue weighted by Gasteiger charge is 2.20. The Balaban J connectivity index is 0.00000420. The number of sulfone groups is 1. The third-order valence-corrected chi connectivity index (χ3v) is 4.49. The number of rotatable bonds is 10. The first kappa shape index (κ1) is 25.4. The highest BCUT2D eigenvalue weighted by atomic mass is 127. The third kappa shape index (κ3) is 9.16. The van der Waals surface area contributed by atoms with Gasteiger partial charge in [-0.3, -0.25) is 4.99 Å². The first-order valence-electron chi connectivity index (χ1n) is 8.36. The molecule has 1 aliphatic heterocycles. The molecule has 0 amide bonds. The monoisotopic (exact) mass is 551 g/mol. The lowest BCUT2D eigenvalue weighted by atomic mass is 10.1. The van der Waals surface area contributed by atoms with E-state index in [-0.39, 0.29) is 62.0 Å². The molecule has 1 aromatic rings. The number of nitrogens with zero attached hydrogens (tertiary/aromatic N) is 1. The highest BCUT2D eigenvalue weighted by Crippen LogP contribution is 2.38. The van der Waals surface area contributed by atoms with Gasteiger partial charge in [-0.1, -0.05) is 0 Å². The molecule has 0 unspecified atom stereocenters. The molecule has 0 aliphatic carbocycles. The van der Waals surface area contributed by atoms with Crippen LogP contribution in [0.15, 0.2) is 17.1 Å². The average Bonchev–Trinajstić information content (AvgIpc) is 3.06. The van der Waals surface area contributed by atoms with Gasteiger partial charge in [-0.05, 0) is 6.07 Å². The molecule has 29 heavy (non-hydrogen) atoms. The number of hydrogen-bond donors (Lipinski definition) is 2. The van der Waals surface area contributed by atoms with E-state index in [9.17, 15) is 17.2 Å². The second kappa shape index (κ2) is 12.2. The molecule has 13 heteroatoms. The van der Waals surface area contributed by atoms with E-state index >= 15 is 0 Å². The van der Waals surface area contributed by atoms with Gasteiger partial charge in [0, 0.05) is 38.0 Å². The number of halogens is 3. The Hall–Kier alpha value is -1.61. The van der Waals surface area contributed by atoms with E-state index in [0.29, 0.717) is 29.6 Å². The van der Waals surface area contributed by atoms with Crippen LogP contribution in [0, 0.1) is 0 Å². The van der Waals surface area contributed by atoms with Crippen LogP contribution in [-0.2, 0) is 21.1 Å². The van der Waals surface area contributed by atoms with Gasteiger partial charge in [0.05, 0.1) is 19.0 Å². The summed E-state index contributed by atoms with van der Waals surface area (Å²) in [6, 6.07) is 2.92. The highest BCUT2D eigenvalue weighted by molar-refractivity contribution is 14.0. The zero-order valence-corrected chi connectivity index (χ0v) is 19.1. The van der Waals surface area contributed by atoms with Gasteiger partial charge in [-0.2, -0.15) is 8.78 Å². The van der Waals surface area contributed by atoms with Crippen molar-refractivity contribution >= 4 is 39.8 Å². The number of ether oxygens (including phenoxy) is 4. The van der Waals surface area contributed by atoms with E-state index in [1.807, 2.05) is 0 Å². The fourth-order valence-corrected chi connectivity index (χ4v) is 2.68. The maximum atomic E-state index is 12.7. The van der Waals surface area contributed by atoms with E-state index in [4.69, 9.17) is 14.2 Å². The number of aliphatic imine (C=N–C) groups is 1. The Kier molecular flexibility index (Phi) is 10.7. The normalized spacial score (nSPS) is 13.2. The first-order chi connectivity index (χ1) is 13.3. The lowest BCUT2D eigenvalue weighted by molar-refractivity contribution is -0.0505. The molecule has 0 spiro atoms. The summed E-state index contributed by atoms with van der Waals surface area (Å²) in [7, 11) is -1.50. The maximum Gasteiger partial charge on any atom is 0.387 e. The van der Waals surface area contributed by atoms with Crippen molar-refractivity contribution in [1.29, 1.82) is 0 Å². The van der Waals surface area contributed by atoms with Gasteiger partial charge in [-0.25, -0.2) is 8.42 Å². The number of nitrogens with one attached hydrogen (secondary N) is 2. The number of hydrogen-bond acceptors (Lipinski definition) is 7. The van der Waals surface area contributed by atoms with Crippen LogP contribution >= 0.6 is 24.0 Å². The molecule has 0 aromatic heterocycles. The van der Waals surface area contributed by atoms with Crippen molar-refractivity contribution in [3.63, 3.8) is 0 Å². The smallest absolute Gasteiger partial charge is 0.387 e. The summed E-state index contributed by atoms with van der Waals surface area (Å²) in [4.78, 5) is 4.02. The van der Waals surface area contributed by atoms with Crippen molar-refractivity contribution in [3.8, 4) is 17.2 Å². The van der Waals surface area contributed by atoms with Crippen LogP contribution in [-0.4, -0.2) is 66.6 Å². The van der Waals surface area contributed by atoms with Crippen molar-refractivity contribution in [2.75, 3.05) is 45.6 Å². The molecule has 166 valence electrons. The van der Waals surface area contributed by atoms with Gasteiger partial charge in [-0.15, -0.1) is 24.0 Å². The topological polar surface area (TPSA) is 107 Å². The van der Waals surface area contributed by atoms with Crippen molar-refractivity contribution in [3.05, 3.63) is 17.7 Å². The largest absolute Gasteiger partial charge is 0.454 e. The van der Waals surface area contributed by atoms with Crippen LogP contribution in [0.2, 0.25) is 0 Å². The molecule has 2 N–H and O–H groups in total. The lowest BCUT2D eigenvalue weighted by Crippen LogP contribution is -2.38. The summed E-state index contributed by atoms with van der Waals surface area (Å²) < 4.78 is 67.5. The fraction of sp³-hybridized carbons (Fsp3) is 0.562. The van der Waals surface area contributed by atoms with Gasteiger partial charge in [0.2, 0.25) is 6.79 Å². The van der Waals surface area contributed by atoms with Crippen LogP contribution in [0.1, 0.15) is 5.56 Å². The minimum absolute atomic E-state index is 0. The fourth-order valence-electron chi connectivity index (χ4n) is 2.26. The van der Waals surface area contributed by atoms with Gasteiger partial charge in [0.1, 0.15) is 15.6 Å². The SMILES string of the molecule is CN=C(NCCOCCS(C)(=O)=O)NCc1cc2c(cc1OC(F)F)OCO2.I. The van der Waals surface area contributed by atoms with Gasteiger partial charge in [0.25, 0.3) is 0 Å². The van der Waals surface area contributed by atoms with Crippen molar-refractivity contribution in [1.82, 2.24) is 10.6 Å². The lowest BCUT2D eigenvalue weighted by Gasteiger charge is -2.15. The first-order valence-corrected chi connectivity index (χ1v) is 10.4. The van der Waals surface area contributed by atoms with Gasteiger partial charge in [0.15, 0.2) is 17.5 Å². The molecule has 0 radical (unpaired) electrons. The second-order valence-corrected chi connectivity index (χ2v) is 8.05. The molecule has 0 atom stereocenters. The van der Waals surface area contributed by atoms with E-state index < -0.39 is 16.4 Å². The Morgan fingerprint density at radius 2 is 1.93 bits per heavy atom. The Labute approximate surface area is 185 Å². The summed E-state index contributed by atoms with van der Waals surface area (Å²) in [5.74, 6) is 1.13. The molecule has 0 fully saturated rings. The molecule has 1 heterocycles.